The van der Waals surface area contributed by atoms with Gasteiger partial charge >= 0.3 is 5.97 Å². The molecule has 1 aliphatic rings. The first-order valence-electron chi connectivity index (χ1n) is 7.12. The molecule has 4 nitrogen and oxygen atoms in total. The van der Waals surface area contributed by atoms with Crippen molar-refractivity contribution in [3.63, 3.8) is 0 Å². The third kappa shape index (κ3) is 3.69. The number of thiazole rings is 1. The third-order valence-electron chi connectivity index (χ3n) is 3.67. The van der Waals surface area contributed by atoms with Gasteiger partial charge in [0.2, 0.25) is 0 Å². The van der Waals surface area contributed by atoms with Crippen LogP contribution in [-0.2, 0) is 4.74 Å². The van der Waals surface area contributed by atoms with Gasteiger partial charge in [0, 0.05) is 18.5 Å². The van der Waals surface area contributed by atoms with Crippen LogP contribution in [0.5, 0.6) is 0 Å². The average Bonchev–Trinajstić information content (AvgIpc) is 2.78. The first-order chi connectivity index (χ1) is 9.24. The van der Waals surface area contributed by atoms with Gasteiger partial charge in [-0.1, -0.05) is 13.3 Å². The summed E-state index contributed by atoms with van der Waals surface area (Å²) in [6.07, 6.45) is 5.01. The predicted molar refractivity (Wildman–Crippen MR) is 77.9 cm³/mol. The van der Waals surface area contributed by atoms with Crippen LogP contribution in [0.25, 0.3) is 0 Å². The van der Waals surface area contributed by atoms with Crippen LogP contribution in [0.15, 0.2) is 5.38 Å². The lowest BCUT2D eigenvalue weighted by atomic mass is 9.98. The van der Waals surface area contributed by atoms with Gasteiger partial charge in [-0.25, -0.2) is 9.78 Å². The summed E-state index contributed by atoms with van der Waals surface area (Å²) < 4.78 is 4.97. The summed E-state index contributed by atoms with van der Waals surface area (Å²) in [5.74, 6) is 0.528. The second kappa shape index (κ2) is 6.89. The number of hydrogen-bond acceptors (Lipinski definition) is 5. The number of ether oxygens (including phenoxy) is 1. The lowest BCUT2D eigenvalue weighted by Gasteiger charge is -2.19. The van der Waals surface area contributed by atoms with E-state index < -0.39 is 0 Å². The number of carbonyl (C=O) groups excluding carboxylic acids is 1. The standard InChI is InChI=1S/C14H22N2O2S/c1-3-11-6-5-8-16(9-7-11)14-15-12(10-19-14)13(17)18-4-2/h10-11H,3-9H2,1-2H3. The molecule has 2 heterocycles. The van der Waals surface area contributed by atoms with Gasteiger partial charge < -0.3 is 9.64 Å². The third-order valence-corrected chi connectivity index (χ3v) is 4.57. The SMILES string of the molecule is CCOC(=O)c1csc(N2CCCC(CC)CC2)n1. The fourth-order valence-corrected chi connectivity index (χ4v) is 3.32. The molecule has 106 valence electrons. The molecule has 0 aliphatic carbocycles. The summed E-state index contributed by atoms with van der Waals surface area (Å²) in [4.78, 5) is 18.3. The maximum atomic E-state index is 11.6. The summed E-state index contributed by atoms with van der Waals surface area (Å²) >= 11 is 1.54. The van der Waals surface area contributed by atoms with E-state index in [1.54, 1.807) is 16.7 Å². The molecule has 1 atom stereocenters. The van der Waals surface area contributed by atoms with Gasteiger partial charge in [0.05, 0.1) is 6.61 Å². The molecule has 0 saturated carbocycles. The highest BCUT2D eigenvalue weighted by atomic mass is 32.1. The molecular weight excluding hydrogens is 260 g/mol. The Labute approximate surface area is 118 Å². The van der Waals surface area contributed by atoms with Gasteiger partial charge in [-0.05, 0) is 32.1 Å². The van der Waals surface area contributed by atoms with E-state index in [2.05, 4.69) is 16.8 Å². The molecule has 1 aromatic heterocycles. The van der Waals surface area contributed by atoms with Crippen molar-refractivity contribution >= 4 is 22.4 Å². The smallest absolute Gasteiger partial charge is 0.357 e. The number of rotatable bonds is 4. The maximum absolute atomic E-state index is 11.6. The van der Waals surface area contributed by atoms with Crippen LogP contribution in [0.4, 0.5) is 5.13 Å². The number of carbonyl (C=O) groups is 1. The Morgan fingerprint density at radius 1 is 1.47 bits per heavy atom. The van der Waals surface area contributed by atoms with Crippen LogP contribution < -0.4 is 4.90 Å². The van der Waals surface area contributed by atoms with Crippen molar-refractivity contribution in [1.82, 2.24) is 4.98 Å². The second-order valence-corrected chi connectivity index (χ2v) is 5.76. The summed E-state index contributed by atoms with van der Waals surface area (Å²) in [6.45, 7) is 6.57. The normalized spacial score (nSPS) is 20.1. The Balaban J connectivity index is 2.00. The molecule has 0 spiro atoms. The molecule has 5 heteroatoms. The minimum atomic E-state index is -0.314. The van der Waals surface area contributed by atoms with E-state index in [4.69, 9.17) is 4.74 Å². The quantitative estimate of drug-likeness (QED) is 0.794. The summed E-state index contributed by atoms with van der Waals surface area (Å²) in [5, 5.41) is 2.76. The molecule has 19 heavy (non-hydrogen) atoms. The fourth-order valence-electron chi connectivity index (χ4n) is 2.47. The topological polar surface area (TPSA) is 42.4 Å². The van der Waals surface area contributed by atoms with Gasteiger partial charge in [-0.3, -0.25) is 0 Å². The van der Waals surface area contributed by atoms with Gasteiger partial charge in [-0.2, -0.15) is 0 Å². The average molecular weight is 282 g/mol. The molecule has 0 amide bonds. The number of nitrogens with zero attached hydrogens (tertiary/aromatic N) is 2. The Hall–Kier alpha value is -1.10. The van der Waals surface area contributed by atoms with Crippen LogP contribution in [0.2, 0.25) is 0 Å². The first kappa shape index (κ1) is 14.3. The Kier molecular flexibility index (Phi) is 5.19. The fraction of sp³-hybridized carbons (Fsp3) is 0.714. The molecule has 1 unspecified atom stereocenters. The summed E-state index contributed by atoms with van der Waals surface area (Å²) in [5.41, 5.74) is 0.443. The Morgan fingerprint density at radius 2 is 2.32 bits per heavy atom. The molecule has 1 fully saturated rings. The molecule has 0 bridgehead atoms. The van der Waals surface area contributed by atoms with Crippen LogP contribution >= 0.6 is 11.3 Å². The highest BCUT2D eigenvalue weighted by Gasteiger charge is 2.19. The lowest BCUT2D eigenvalue weighted by molar-refractivity contribution is 0.0520. The lowest BCUT2D eigenvalue weighted by Crippen LogP contribution is -2.24. The van der Waals surface area contributed by atoms with E-state index in [1.807, 2.05) is 6.92 Å². The molecule has 2 rings (SSSR count). The molecule has 0 radical (unpaired) electrons. The zero-order valence-corrected chi connectivity index (χ0v) is 12.5. The van der Waals surface area contributed by atoms with Crippen LogP contribution in [0, 0.1) is 5.92 Å². The van der Waals surface area contributed by atoms with E-state index in [0.717, 1.165) is 24.1 Å². The van der Waals surface area contributed by atoms with Crippen molar-refractivity contribution in [3.8, 4) is 0 Å². The van der Waals surface area contributed by atoms with Gasteiger partial charge in [0.15, 0.2) is 10.8 Å². The number of aromatic nitrogens is 1. The van der Waals surface area contributed by atoms with Crippen molar-refractivity contribution in [2.24, 2.45) is 5.92 Å². The summed E-state index contributed by atoms with van der Waals surface area (Å²) in [6, 6.07) is 0. The molecule has 1 aliphatic heterocycles. The van der Waals surface area contributed by atoms with Crippen molar-refractivity contribution in [3.05, 3.63) is 11.1 Å². The largest absolute Gasteiger partial charge is 0.461 e. The van der Waals surface area contributed by atoms with Crippen LogP contribution in [0.3, 0.4) is 0 Å². The minimum Gasteiger partial charge on any atom is -0.461 e. The zero-order chi connectivity index (χ0) is 13.7. The highest BCUT2D eigenvalue weighted by Crippen LogP contribution is 2.27. The van der Waals surface area contributed by atoms with Gasteiger partial charge in [-0.15, -0.1) is 11.3 Å². The highest BCUT2D eigenvalue weighted by molar-refractivity contribution is 7.13. The molecule has 0 N–H and O–H groups in total. The van der Waals surface area contributed by atoms with Crippen molar-refractivity contribution in [2.75, 3.05) is 24.6 Å². The molecule has 1 saturated heterocycles. The van der Waals surface area contributed by atoms with Crippen molar-refractivity contribution < 1.29 is 9.53 Å². The monoisotopic (exact) mass is 282 g/mol. The summed E-state index contributed by atoms with van der Waals surface area (Å²) in [7, 11) is 0. The van der Waals surface area contributed by atoms with Crippen molar-refractivity contribution in [1.29, 1.82) is 0 Å². The van der Waals surface area contributed by atoms with E-state index in [1.165, 1.54) is 25.7 Å². The Bertz CT molecular complexity index is 419. The first-order valence-corrected chi connectivity index (χ1v) is 8.00. The zero-order valence-electron chi connectivity index (χ0n) is 11.7. The van der Waals surface area contributed by atoms with E-state index in [-0.39, 0.29) is 5.97 Å². The van der Waals surface area contributed by atoms with Gasteiger partial charge in [0.25, 0.3) is 0 Å². The van der Waals surface area contributed by atoms with Crippen LogP contribution in [-0.4, -0.2) is 30.6 Å². The predicted octanol–water partition coefficient (Wildman–Crippen LogP) is 3.34. The van der Waals surface area contributed by atoms with E-state index in [0.29, 0.717) is 12.3 Å². The van der Waals surface area contributed by atoms with Crippen LogP contribution in [0.1, 0.15) is 50.0 Å². The molecule has 1 aromatic rings. The maximum Gasteiger partial charge on any atom is 0.357 e. The number of esters is 1. The number of anilines is 1. The minimum absolute atomic E-state index is 0.314. The molecule has 0 aromatic carbocycles. The number of hydrogen-bond donors (Lipinski definition) is 0. The van der Waals surface area contributed by atoms with Crippen molar-refractivity contribution in [2.45, 2.75) is 39.5 Å². The second-order valence-electron chi connectivity index (χ2n) is 4.93. The van der Waals surface area contributed by atoms with Gasteiger partial charge in [0.1, 0.15) is 0 Å². The van der Waals surface area contributed by atoms with E-state index in [9.17, 15) is 4.79 Å². The van der Waals surface area contributed by atoms with E-state index >= 15 is 0 Å². The Morgan fingerprint density at radius 3 is 3.05 bits per heavy atom. The molecular formula is C14H22N2O2S.